The van der Waals surface area contributed by atoms with Crippen molar-refractivity contribution in [3.05, 3.63) is 64.7 Å². The molecule has 164 valence electrons. The van der Waals surface area contributed by atoms with Crippen molar-refractivity contribution in [2.75, 3.05) is 17.2 Å². The van der Waals surface area contributed by atoms with Crippen LogP contribution in [0.2, 0.25) is 10.0 Å². The van der Waals surface area contributed by atoms with Gasteiger partial charge in [0.2, 0.25) is 0 Å². The van der Waals surface area contributed by atoms with Crippen LogP contribution in [-0.2, 0) is 0 Å². The van der Waals surface area contributed by atoms with E-state index in [0.717, 1.165) is 5.56 Å². The molecular formula is C21H19Cl2N7OS. The number of nitrogen functional groups attached to an aromatic ring is 1. The number of benzene rings is 1. The van der Waals surface area contributed by atoms with Crippen LogP contribution in [-0.4, -0.2) is 37.2 Å². The number of rotatable bonds is 3. The van der Waals surface area contributed by atoms with Crippen LogP contribution in [0.3, 0.4) is 0 Å². The fourth-order valence-corrected chi connectivity index (χ4v) is 3.98. The number of hydrogen-bond acceptors (Lipinski definition) is 5. The van der Waals surface area contributed by atoms with E-state index in [-0.39, 0.29) is 25.4 Å². The van der Waals surface area contributed by atoms with Crippen molar-refractivity contribution in [2.45, 2.75) is 13.0 Å². The maximum Gasteiger partial charge on any atom is 0.277 e. The molecule has 0 unspecified atom stereocenters. The molecular weight excluding hydrogens is 469 g/mol. The lowest BCUT2D eigenvalue weighted by atomic mass is 10.1. The molecule has 0 saturated carbocycles. The summed E-state index contributed by atoms with van der Waals surface area (Å²) >= 11 is 12.2. The zero-order valence-electron chi connectivity index (χ0n) is 16.9. The van der Waals surface area contributed by atoms with Crippen LogP contribution in [0.5, 0.6) is 0 Å². The highest BCUT2D eigenvalue weighted by molar-refractivity contribution is 7.59. The Morgan fingerprint density at radius 2 is 1.91 bits per heavy atom. The molecule has 0 aliphatic carbocycles. The van der Waals surface area contributed by atoms with Gasteiger partial charge < -0.3 is 15.6 Å². The predicted molar refractivity (Wildman–Crippen MR) is 131 cm³/mol. The molecule has 4 heterocycles. The summed E-state index contributed by atoms with van der Waals surface area (Å²) in [5.41, 5.74) is 8.97. The second-order valence-corrected chi connectivity index (χ2v) is 8.15. The molecule has 1 atom stereocenters. The average molecular weight is 488 g/mol. The van der Waals surface area contributed by atoms with Crippen molar-refractivity contribution in [3.63, 3.8) is 0 Å². The maximum absolute atomic E-state index is 13.5. The minimum absolute atomic E-state index is 0. The Morgan fingerprint density at radius 3 is 2.62 bits per heavy atom. The number of carbonyl (C=O) groups is 1. The topological polar surface area (TPSA) is 106 Å². The van der Waals surface area contributed by atoms with E-state index < -0.39 is 0 Å². The van der Waals surface area contributed by atoms with Gasteiger partial charge in [-0.25, -0.2) is 9.97 Å². The number of amides is 1. The molecule has 1 aliphatic rings. The highest BCUT2D eigenvalue weighted by Gasteiger charge is 2.34. The molecule has 0 spiro atoms. The van der Waals surface area contributed by atoms with Crippen molar-refractivity contribution in [1.82, 2.24) is 24.7 Å². The Labute approximate surface area is 200 Å². The van der Waals surface area contributed by atoms with Crippen LogP contribution in [0.15, 0.2) is 48.9 Å². The molecule has 0 radical (unpaired) electrons. The van der Waals surface area contributed by atoms with Crippen LogP contribution in [0.1, 0.15) is 23.5 Å². The van der Waals surface area contributed by atoms with Gasteiger partial charge in [-0.3, -0.25) is 9.48 Å². The Kier molecular flexibility index (Phi) is 5.89. The monoisotopic (exact) mass is 487 g/mol. The summed E-state index contributed by atoms with van der Waals surface area (Å²) in [5, 5.41) is 5.30. The highest BCUT2D eigenvalue weighted by atomic mass is 35.5. The number of pyridine rings is 1. The predicted octanol–water partition coefficient (Wildman–Crippen LogP) is 4.56. The molecule has 8 nitrogen and oxygen atoms in total. The van der Waals surface area contributed by atoms with Crippen molar-refractivity contribution in [3.8, 4) is 22.6 Å². The largest absolute Gasteiger partial charge is 0.384 e. The van der Waals surface area contributed by atoms with E-state index in [1.54, 1.807) is 52.4 Å². The molecule has 1 amide bonds. The summed E-state index contributed by atoms with van der Waals surface area (Å²) < 4.78 is 1.75. The van der Waals surface area contributed by atoms with Gasteiger partial charge in [0.25, 0.3) is 5.91 Å². The number of carbonyl (C=O) groups excluding carboxylic acids is 1. The van der Waals surface area contributed by atoms with Gasteiger partial charge >= 0.3 is 0 Å². The standard InChI is InChI=1S/C21H17Cl2N7O.H2S/c1-11-10-29(13-3-4-15(22)16(23)6-13)21(31)19-14(8-27-30(11)19)17-9-26-20(28-17)12-2-5-18(24)25-7-12;/h2-9,11H,10H2,1H3,(H2,24,25)(H,26,28);1H2/t11-;/m0./s1. The Balaban J connectivity index is 0.00000245. The Bertz CT molecular complexity index is 1300. The lowest BCUT2D eigenvalue weighted by molar-refractivity contribution is 0.0954. The smallest absolute Gasteiger partial charge is 0.277 e. The minimum Gasteiger partial charge on any atom is -0.384 e. The number of nitrogens with one attached hydrogen (secondary N) is 1. The third-order valence-corrected chi connectivity index (χ3v) is 5.99. The van der Waals surface area contributed by atoms with Crippen LogP contribution in [0, 0.1) is 0 Å². The molecule has 11 heteroatoms. The summed E-state index contributed by atoms with van der Waals surface area (Å²) in [6.07, 6.45) is 5.00. The zero-order chi connectivity index (χ0) is 21.7. The van der Waals surface area contributed by atoms with E-state index >= 15 is 0 Å². The summed E-state index contributed by atoms with van der Waals surface area (Å²) in [7, 11) is 0. The van der Waals surface area contributed by atoms with Crippen molar-refractivity contribution < 1.29 is 4.79 Å². The third-order valence-electron chi connectivity index (χ3n) is 5.25. The van der Waals surface area contributed by atoms with E-state index in [1.807, 2.05) is 13.0 Å². The number of hydrogen-bond donors (Lipinski definition) is 2. The number of aromatic nitrogens is 5. The summed E-state index contributed by atoms with van der Waals surface area (Å²) in [5.74, 6) is 0.887. The lowest BCUT2D eigenvalue weighted by Gasteiger charge is -2.32. The van der Waals surface area contributed by atoms with E-state index in [9.17, 15) is 4.79 Å². The molecule has 1 aliphatic heterocycles. The number of aromatic amines is 1. The molecule has 4 aromatic rings. The fraction of sp³-hybridized carbons (Fsp3) is 0.143. The molecule has 0 bridgehead atoms. The van der Waals surface area contributed by atoms with Gasteiger partial charge in [-0.15, -0.1) is 0 Å². The second-order valence-electron chi connectivity index (χ2n) is 7.33. The first-order valence-electron chi connectivity index (χ1n) is 9.54. The normalized spacial score (nSPS) is 15.4. The number of H-pyrrole nitrogens is 1. The SMILES string of the molecule is C[C@H]1CN(c2ccc(Cl)c(Cl)c2)C(=O)c2c(-c3cnc(-c4ccc(N)nc4)[nH]3)cnn21.S. The third kappa shape index (κ3) is 3.72. The average Bonchev–Trinajstić information content (AvgIpc) is 3.41. The lowest BCUT2D eigenvalue weighted by Crippen LogP contribution is -2.42. The van der Waals surface area contributed by atoms with Gasteiger partial charge in [-0.2, -0.15) is 18.6 Å². The first-order valence-corrected chi connectivity index (χ1v) is 10.3. The van der Waals surface area contributed by atoms with E-state index in [4.69, 9.17) is 28.9 Å². The summed E-state index contributed by atoms with van der Waals surface area (Å²) in [6, 6.07) is 8.68. The van der Waals surface area contributed by atoms with Crippen LogP contribution in [0.25, 0.3) is 22.6 Å². The number of fused-ring (bicyclic) bond motifs is 1. The number of halogens is 2. The Morgan fingerprint density at radius 1 is 1.09 bits per heavy atom. The van der Waals surface area contributed by atoms with E-state index in [2.05, 4.69) is 20.1 Å². The molecule has 5 rings (SSSR count). The molecule has 3 N–H and O–H groups in total. The first-order chi connectivity index (χ1) is 14.9. The number of nitrogens with zero attached hydrogens (tertiary/aromatic N) is 5. The van der Waals surface area contributed by atoms with Gasteiger partial charge in [0.05, 0.1) is 39.7 Å². The fourth-order valence-electron chi connectivity index (χ4n) is 3.68. The van der Waals surface area contributed by atoms with Crippen molar-refractivity contribution in [2.24, 2.45) is 0 Å². The molecule has 32 heavy (non-hydrogen) atoms. The first kappa shape index (κ1) is 22.2. The molecule has 3 aromatic heterocycles. The van der Waals surface area contributed by atoms with Crippen LogP contribution >= 0.6 is 36.7 Å². The van der Waals surface area contributed by atoms with Gasteiger partial charge in [0.15, 0.2) is 0 Å². The number of nitrogens with two attached hydrogens (primary N) is 1. The van der Waals surface area contributed by atoms with E-state index in [0.29, 0.717) is 50.9 Å². The maximum atomic E-state index is 13.5. The van der Waals surface area contributed by atoms with Gasteiger partial charge in [0.1, 0.15) is 17.3 Å². The summed E-state index contributed by atoms with van der Waals surface area (Å²) in [6.45, 7) is 2.48. The quantitative estimate of drug-likeness (QED) is 0.440. The van der Waals surface area contributed by atoms with Crippen LogP contribution < -0.4 is 10.6 Å². The summed E-state index contributed by atoms with van der Waals surface area (Å²) in [4.78, 5) is 26.9. The van der Waals surface area contributed by atoms with Crippen molar-refractivity contribution in [1.29, 1.82) is 0 Å². The van der Waals surface area contributed by atoms with E-state index in [1.165, 1.54) is 0 Å². The van der Waals surface area contributed by atoms with Gasteiger partial charge in [-0.1, -0.05) is 23.2 Å². The zero-order valence-corrected chi connectivity index (χ0v) is 19.4. The minimum atomic E-state index is -0.172. The molecule has 0 fully saturated rings. The highest BCUT2D eigenvalue weighted by Crippen LogP contribution is 2.34. The van der Waals surface area contributed by atoms with Crippen molar-refractivity contribution >= 4 is 54.1 Å². The molecule has 0 saturated heterocycles. The van der Waals surface area contributed by atoms with Gasteiger partial charge in [0, 0.05) is 24.0 Å². The number of imidazole rings is 1. The number of anilines is 2. The molecule has 1 aromatic carbocycles. The second kappa shape index (κ2) is 8.50. The Hall–Kier alpha value is -3.01. The van der Waals surface area contributed by atoms with Crippen LogP contribution in [0.4, 0.5) is 11.5 Å². The van der Waals surface area contributed by atoms with Gasteiger partial charge in [-0.05, 0) is 37.3 Å².